The third-order valence-corrected chi connectivity index (χ3v) is 4.08. The van der Waals surface area contributed by atoms with Gasteiger partial charge in [0.1, 0.15) is 5.65 Å². The zero-order valence-corrected chi connectivity index (χ0v) is 14.1. The summed E-state index contributed by atoms with van der Waals surface area (Å²) < 4.78 is 1.92. The number of halogens is 2. The van der Waals surface area contributed by atoms with Crippen LogP contribution in [0.3, 0.4) is 0 Å². The number of amides is 1. The molecule has 1 atom stereocenters. The first-order valence-electron chi connectivity index (χ1n) is 7.04. The Labute approximate surface area is 142 Å². The summed E-state index contributed by atoms with van der Waals surface area (Å²) in [7, 11) is 0. The maximum Gasteiger partial charge on any atom is 0.226 e. The van der Waals surface area contributed by atoms with E-state index in [1.54, 1.807) is 0 Å². The second-order valence-corrected chi connectivity index (χ2v) is 5.82. The number of pyridine rings is 1. The predicted molar refractivity (Wildman–Crippen MR) is 91.7 cm³/mol. The third-order valence-electron chi connectivity index (χ3n) is 4.08. The van der Waals surface area contributed by atoms with Gasteiger partial charge in [-0.05, 0) is 37.8 Å². The van der Waals surface area contributed by atoms with Gasteiger partial charge in [-0.25, -0.2) is 4.98 Å². The minimum atomic E-state index is -0.268. The predicted octanol–water partition coefficient (Wildman–Crippen LogP) is 1.96. The molecule has 1 unspecified atom stereocenters. The molecule has 1 aliphatic rings. The van der Waals surface area contributed by atoms with Gasteiger partial charge in [0.25, 0.3) is 0 Å². The van der Waals surface area contributed by atoms with E-state index in [0.717, 1.165) is 24.2 Å². The van der Waals surface area contributed by atoms with Crippen molar-refractivity contribution in [3.8, 4) is 0 Å². The number of carbonyl (C=O) groups excluding carboxylic acids is 1. The molecule has 0 aromatic carbocycles. The molecule has 122 valence electrons. The summed E-state index contributed by atoms with van der Waals surface area (Å²) in [6.07, 6.45) is 6.43. The van der Waals surface area contributed by atoms with E-state index in [0.29, 0.717) is 18.9 Å². The van der Waals surface area contributed by atoms with E-state index in [2.05, 4.69) is 10.3 Å². The van der Waals surface area contributed by atoms with Gasteiger partial charge in [-0.15, -0.1) is 24.8 Å². The van der Waals surface area contributed by atoms with Gasteiger partial charge in [-0.2, -0.15) is 0 Å². The van der Waals surface area contributed by atoms with Crippen LogP contribution in [0.25, 0.3) is 5.65 Å². The van der Waals surface area contributed by atoms with Gasteiger partial charge < -0.3 is 15.5 Å². The normalized spacial score (nSPS) is 16.3. The summed E-state index contributed by atoms with van der Waals surface area (Å²) in [5, 5.41) is 3.08. The smallest absolute Gasteiger partial charge is 0.226 e. The summed E-state index contributed by atoms with van der Waals surface area (Å²) in [5.74, 6) is 0.519. The highest BCUT2D eigenvalue weighted by atomic mass is 35.5. The summed E-state index contributed by atoms with van der Waals surface area (Å²) in [4.78, 5) is 16.6. The number of imidazole rings is 1. The van der Waals surface area contributed by atoms with Crippen molar-refractivity contribution in [2.75, 3.05) is 6.54 Å². The lowest BCUT2D eigenvalue weighted by molar-refractivity contribution is -0.122. The summed E-state index contributed by atoms with van der Waals surface area (Å²) in [5.41, 5.74) is 7.19. The highest BCUT2D eigenvalue weighted by Gasteiger charge is 2.41. The molecule has 2 aromatic heterocycles. The molecular formula is C15H22Cl2N4O. The summed E-state index contributed by atoms with van der Waals surface area (Å²) >= 11 is 0. The van der Waals surface area contributed by atoms with Crippen molar-refractivity contribution in [2.45, 2.75) is 31.7 Å². The summed E-state index contributed by atoms with van der Waals surface area (Å²) in [6.45, 7) is 2.51. The lowest BCUT2D eigenvalue weighted by atomic mass is 9.95. The van der Waals surface area contributed by atoms with E-state index in [1.807, 2.05) is 41.9 Å². The Bertz CT molecular complexity index is 608. The molecule has 1 aliphatic carbocycles. The van der Waals surface area contributed by atoms with Crippen LogP contribution in [0.15, 0.2) is 30.6 Å². The van der Waals surface area contributed by atoms with Crippen LogP contribution in [0.5, 0.6) is 0 Å². The van der Waals surface area contributed by atoms with Crippen molar-refractivity contribution >= 4 is 36.4 Å². The summed E-state index contributed by atoms with van der Waals surface area (Å²) in [6, 6.07) is 5.80. The first kappa shape index (κ1) is 18.7. The number of rotatable bonds is 5. The molecule has 5 nitrogen and oxygen atoms in total. The van der Waals surface area contributed by atoms with E-state index < -0.39 is 0 Å². The van der Waals surface area contributed by atoms with Crippen LogP contribution >= 0.6 is 24.8 Å². The van der Waals surface area contributed by atoms with Crippen molar-refractivity contribution in [1.82, 2.24) is 14.7 Å². The Hall–Kier alpha value is -1.30. The molecule has 3 N–H and O–H groups in total. The van der Waals surface area contributed by atoms with Crippen molar-refractivity contribution in [3.05, 3.63) is 36.3 Å². The molecule has 0 saturated heterocycles. The molecular weight excluding hydrogens is 323 g/mol. The Balaban J connectivity index is 0.00000121. The van der Waals surface area contributed by atoms with Crippen LogP contribution in [-0.4, -0.2) is 27.4 Å². The SMILES string of the molecule is CC(CN)(NC(=O)Cc1cn2ccccc2n1)C1CC1.Cl.Cl. The Kier molecular flexibility index (Phi) is 6.23. The lowest BCUT2D eigenvalue weighted by Crippen LogP contribution is -2.53. The van der Waals surface area contributed by atoms with Crippen LogP contribution in [0.2, 0.25) is 0 Å². The fraction of sp³-hybridized carbons (Fsp3) is 0.467. The second-order valence-electron chi connectivity index (χ2n) is 5.82. The van der Waals surface area contributed by atoms with Gasteiger partial charge in [0.05, 0.1) is 17.7 Å². The van der Waals surface area contributed by atoms with E-state index >= 15 is 0 Å². The number of hydrogen-bond donors (Lipinski definition) is 2. The highest BCUT2D eigenvalue weighted by molar-refractivity contribution is 5.85. The maximum atomic E-state index is 12.2. The van der Waals surface area contributed by atoms with E-state index in [-0.39, 0.29) is 36.3 Å². The van der Waals surface area contributed by atoms with Crippen LogP contribution in [0, 0.1) is 5.92 Å². The molecule has 0 aliphatic heterocycles. The number of aromatic nitrogens is 2. The molecule has 1 saturated carbocycles. The van der Waals surface area contributed by atoms with E-state index in [1.165, 1.54) is 0 Å². The minimum absolute atomic E-state index is 0. The largest absolute Gasteiger partial charge is 0.349 e. The average molecular weight is 345 g/mol. The Morgan fingerprint density at radius 1 is 1.45 bits per heavy atom. The topological polar surface area (TPSA) is 72.4 Å². The van der Waals surface area contributed by atoms with Gasteiger partial charge in [-0.3, -0.25) is 4.79 Å². The number of fused-ring (bicyclic) bond motifs is 1. The van der Waals surface area contributed by atoms with E-state index in [9.17, 15) is 4.79 Å². The monoisotopic (exact) mass is 344 g/mol. The first-order valence-corrected chi connectivity index (χ1v) is 7.04. The van der Waals surface area contributed by atoms with Crippen LogP contribution in [-0.2, 0) is 11.2 Å². The number of nitrogens with two attached hydrogens (primary N) is 1. The molecule has 2 heterocycles. The third kappa shape index (κ3) is 3.91. The number of carbonyl (C=O) groups is 1. The fourth-order valence-electron chi connectivity index (χ4n) is 2.64. The van der Waals surface area contributed by atoms with Crippen molar-refractivity contribution < 1.29 is 4.79 Å². The highest BCUT2D eigenvalue weighted by Crippen LogP contribution is 2.38. The number of nitrogens with one attached hydrogen (secondary N) is 1. The van der Waals surface area contributed by atoms with Crippen LogP contribution in [0.4, 0.5) is 0 Å². The molecule has 0 radical (unpaired) electrons. The van der Waals surface area contributed by atoms with Crippen molar-refractivity contribution in [1.29, 1.82) is 0 Å². The molecule has 1 fully saturated rings. The second kappa shape index (κ2) is 7.31. The van der Waals surface area contributed by atoms with Crippen LogP contribution < -0.4 is 11.1 Å². The molecule has 3 rings (SSSR count). The van der Waals surface area contributed by atoms with E-state index in [4.69, 9.17) is 5.73 Å². The number of nitrogens with zero attached hydrogens (tertiary/aromatic N) is 2. The van der Waals surface area contributed by atoms with Gasteiger partial charge in [-0.1, -0.05) is 6.07 Å². The van der Waals surface area contributed by atoms with Crippen molar-refractivity contribution in [3.63, 3.8) is 0 Å². The Morgan fingerprint density at radius 2 is 2.18 bits per heavy atom. The zero-order chi connectivity index (χ0) is 14.2. The van der Waals surface area contributed by atoms with Gasteiger partial charge >= 0.3 is 0 Å². The minimum Gasteiger partial charge on any atom is -0.349 e. The molecule has 7 heteroatoms. The first-order chi connectivity index (χ1) is 9.60. The van der Waals surface area contributed by atoms with Gasteiger partial charge in [0.2, 0.25) is 5.91 Å². The average Bonchev–Trinajstić information content (AvgIpc) is 3.20. The fourth-order valence-corrected chi connectivity index (χ4v) is 2.64. The van der Waals surface area contributed by atoms with Gasteiger partial charge in [0, 0.05) is 18.9 Å². The van der Waals surface area contributed by atoms with Crippen LogP contribution in [0.1, 0.15) is 25.5 Å². The van der Waals surface area contributed by atoms with Crippen molar-refractivity contribution in [2.24, 2.45) is 11.7 Å². The molecule has 22 heavy (non-hydrogen) atoms. The molecule has 2 aromatic rings. The molecule has 0 bridgehead atoms. The molecule has 0 spiro atoms. The Morgan fingerprint density at radius 3 is 2.77 bits per heavy atom. The zero-order valence-electron chi connectivity index (χ0n) is 12.5. The lowest BCUT2D eigenvalue weighted by Gasteiger charge is -2.29. The number of hydrogen-bond acceptors (Lipinski definition) is 3. The maximum absolute atomic E-state index is 12.2. The standard InChI is InChI=1S/C15H20N4O.2ClH/c1-15(10-16,11-5-6-11)18-14(20)8-12-9-19-7-3-2-4-13(19)17-12;;/h2-4,7,9,11H,5-6,8,10,16H2,1H3,(H,18,20);2*1H. The quantitative estimate of drug-likeness (QED) is 0.870. The molecule has 1 amide bonds. The van der Waals surface area contributed by atoms with Gasteiger partial charge in [0.15, 0.2) is 0 Å².